The summed E-state index contributed by atoms with van der Waals surface area (Å²) in [7, 11) is 0. The Morgan fingerprint density at radius 3 is 2.68 bits per heavy atom. The molecule has 1 saturated heterocycles. The van der Waals surface area contributed by atoms with Gasteiger partial charge >= 0.3 is 0 Å². The average Bonchev–Trinajstić information content (AvgIpc) is 2.81. The molecule has 0 radical (unpaired) electrons. The van der Waals surface area contributed by atoms with Crippen LogP contribution in [0.15, 0.2) is 18.2 Å². The zero-order valence-electron chi connectivity index (χ0n) is 12.0. The summed E-state index contributed by atoms with van der Waals surface area (Å²) in [4.78, 5) is 2.28. The molecule has 3 N–H and O–H groups in total. The van der Waals surface area contributed by atoms with Gasteiger partial charge < -0.3 is 20.5 Å². The van der Waals surface area contributed by atoms with Crippen LogP contribution in [0.4, 0.5) is 11.4 Å². The lowest BCUT2D eigenvalue weighted by Gasteiger charge is -2.21. The van der Waals surface area contributed by atoms with Crippen LogP contribution in [0.1, 0.15) is 27.2 Å². The number of anilines is 2. The van der Waals surface area contributed by atoms with Gasteiger partial charge in [0.05, 0.1) is 17.9 Å². The van der Waals surface area contributed by atoms with E-state index in [1.165, 1.54) is 0 Å². The van der Waals surface area contributed by atoms with Crippen molar-refractivity contribution in [2.45, 2.75) is 39.4 Å². The molecule has 1 aromatic rings. The number of hydrogen-bond donors (Lipinski definition) is 2. The summed E-state index contributed by atoms with van der Waals surface area (Å²) in [5, 5.41) is 9.66. The Morgan fingerprint density at radius 1 is 1.37 bits per heavy atom. The van der Waals surface area contributed by atoms with Gasteiger partial charge in [0.1, 0.15) is 5.75 Å². The van der Waals surface area contributed by atoms with Crippen molar-refractivity contribution < 1.29 is 9.84 Å². The number of nitrogen functional groups attached to an aromatic ring is 1. The van der Waals surface area contributed by atoms with E-state index in [1.807, 2.05) is 39.0 Å². The van der Waals surface area contributed by atoms with Gasteiger partial charge in [-0.3, -0.25) is 0 Å². The molecular formula is C15H24N2O2. The highest BCUT2D eigenvalue weighted by Crippen LogP contribution is 2.32. The van der Waals surface area contributed by atoms with Crippen LogP contribution in [0.3, 0.4) is 0 Å². The van der Waals surface area contributed by atoms with Gasteiger partial charge in [0.2, 0.25) is 0 Å². The standard InChI is InChI=1S/C15H24N2O2/c1-10(2)19-15-8-13(4-5-14(15)16)17-7-6-12(9-17)11(3)18/h4-5,8,10-12,18H,6-7,9,16H2,1-3H3. The van der Waals surface area contributed by atoms with Crippen LogP contribution >= 0.6 is 0 Å². The number of rotatable bonds is 4. The average molecular weight is 264 g/mol. The highest BCUT2D eigenvalue weighted by atomic mass is 16.5. The third-order valence-corrected chi connectivity index (χ3v) is 3.63. The lowest BCUT2D eigenvalue weighted by atomic mass is 10.0. The van der Waals surface area contributed by atoms with Crippen molar-refractivity contribution >= 4 is 11.4 Å². The fourth-order valence-electron chi connectivity index (χ4n) is 2.49. The van der Waals surface area contributed by atoms with Crippen LogP contribution in [0.25, 0.3) is 0 Å². The van der Waals surface area contributed by atoms with Crippen LogP contribution < -0.4 is 15.4 Å². The minimum Gasteiger partial charge on any atom is -0.489 e. The first-order chi connectivity index (χ1) is 8.97. The largest absolute Gasteiger partial charge is 0.489 e. The molecule has 0 saturated carbocycles. The van der Waals surface area contributed by atoms with Crippen molar-refractivity contribution in [3.8, 4) is 5.75 Å². The summed E-state index contributed by atoms with van der Waals surface area (Å²) in [5.41, 5.74) is 7.72. The summed E-state index contributed by atoms with van der Waals surface area (Å²) in [6.45, 7) is 7.71. The molecule has 0 amide bonds. The van der Waals surface area contributed by atoms with E-state index in [1.54, 1.807) is 0 Å². The van der Waals surface area contributed by atoms with Crippen LogP contribution in [0.5, 0.6) is 5.75 Å². The van der Waals surface area contributed by atoms with E-state index in [4.69, 9.17) is 10.5 Å². The van der Waals surface area contributed by atoms with Crippen molar-refractivity contribution in [1.29, 1.82) is 0 Å². The van der Waals surface area contributed by atoms with Crippen molar-refractivity contribution in [2.75, 3.05) is 23.7 Å². The van der Waals surface area contributed by atoms with E-state index in [9.17, 15) is 5.11 Å². The molecule has 2 unspecified atom stereocenters. The third-order valence-electron chi connectivity index (χ3n) is 3.63. The third kappa shape index (κ3) is 3.32. The summed E-state index contributed by atoms with van der Waals surface area (Å²) in [5.74, 6) is 1.10. The topological polar surface area (TPSA) is 58.7 Å². The molecule has 4 heteroatoms. The molecule has 0 spiro atoms. The Morgan fingerprint density at radius 2 is 2.11 bits per heavy atom. The summed E-state index contributed by atoms with van der Waals surface area (Å²) < 4.78 is 5.72. The first-order valence-electron chi connectivity index (χ1n) is 6.96. The molecule has 1 fully saturated rings. The van der Waals surface area contributed by atoms with Crippen LogP contribution in [-0.4, -0.2) is 30.4 Å². The van der Waals surface area contributed by atoms with Gasteiger partial charge in [0.25, 0.3) is 0 Å². The van der Waals surface area contributed by atoms with E-state index < -0.39 is 0 Å². The van der Waals surface area contributed by atoms with Gasteiger partial charge in [-0.15, -0.1) is 0 Å². The van der Waals surface area contributed by atoms with E-state index in [2.05, 4.69) is 4.90 Å². The van der Waals surface area contributed by atoms with Gasteiger partial charge in [0, 0.05) is 30.8 Å². The van der Waals surface area contributed by atoms with Crippen molar-refractivity contribution in [2.24, 2.45) is 5.92 Å². The number of nitrogens with two attached hydrogens (primary N) is 1. The van der Waals surface area contributed by atoms with Gasteiger partial charge in [-0.1, -0.05) is 0 Å². The highest BCUT2D eigenvalue weighted by molar-refractivity contribution is 5.62. The maximum absolute atomic E-state index is 9.66. The van der Waals surface area contributed by atoms with Gasteiger partial charge in [-0.25, -0.2) is 0 Å². The fourth-order valence-corrected chi connectivity index (χ4v) is 2.49. The maximum Gasteiger partial charge on any atom is 0.144 e. The molecule has 2 rings (SSSR count). The zero-order chi connectivity index (χ0) is 14.0. The Balaban J connectivity index is 2.13. The molecule has 1 heterocycles. The summed E-state index contributed by atoms with van der Waals surface area (Å²) in [6.07, 6.45) is 0.897. The van der Waals surface area contributed by atoms with E-state index in [-0.39, 0.29) is 12.2 Å². The van der Waals surface area contributed by atoms with E-state index >= 15 is 0 Å². The minimum absolute atomic E-state index is 0.112. The van der Waals surface area contributed by atoms with Gasteiger partial charge in [-0.2, -0.15) is 0 Å². The first kappa shape index (κ1) is 14.0. The van der Waals surface area contributed by atoms with E-state index in [0.717, 1.165) is 30.9 Å². The van der Waals surface area contributed by atoms with Crippen molar-refractivity contribution in [1.82, 2.24) is 0 Å². The maximum atomic E-state index is 9.66. The molecule has 1 aliphatic heterocycles. The van der Waals surface area contributed by atoms with Gasteiger partial charge in [-0.05, 0) is 39.3 Å². The Labute approximate surface area is 115 Å². The lowest BCUT2D eigenvalue weighted by molar-refractivity contribution is 0.136. The summed E-state index contributed by atoms with van der Waals surface area (Å²) >= 11 is 0. The summed E-state index contributed by atoms with van der Waals surface area (Å²) in [6, 6.07) is 5.91. The predicted molar refractivity (Wildman–Crippen MR) is 78.6 cm³/mol. The first-order valence-corrected chi connectivity index (χ1v) is 6.96. The number of aliphatic hydroxyl groups is 1. The molecule has 4 nitrogen and oxygen atoms in total. The second-order valence-corrected chi connectivity index (χ2v) is 5.62. The number of nitrogens with zero attached hydrogens (tertiary/aromatic N) is 1. The molecule has 106 valence electrons. The monoisotopic (exact) mass is 264 g/mol. The molecule has 0 bridgehead atoms. The smallest absolute Gasteiger partial charge is 0.144 e. The second-order valence-electron chi connectivity index (χ2n) is 5.62. The van der Waals surface area contributed by atoms with Crippen LogP contribution in [0, 0.1) is 5.92 Å². The molecule has 1 aliphatic rings. The molecule has 0 aliphatic carbocycles. The Bertz CT molecular complexity index is 432. The number of ether oxygens (including phenoxy) is 1. The quantitative estimate of drug-likeness (QED) is 0.819. The highest BCUT2D eigenvalue weighted by Gasteiger charge is 2.26. The SMILES string of the molecule is CC(C)Oc1cc(N2CCC(C(C)O)C2)ccc1N. The molecule has 2 atom stereocenters. The van der Waals surface area contributed by atoms with Gasteiger partial charge in [0.15, 0.2) is 0 Å². The normalized spacial score (nSPS) is 20.9. The van der Waals surface area contributed by atoms with Crippen LogP contribution in [0.2, 0.25) is 0 Å². The molecule has 19 heavy (non-hydrogen) atoms. The number of hydrogen-bond acceptors (Lipinski definition) is 4. The Kier molecular flexibility index (Phi) is 4.20. The van der Waals surface area contributed by atoms with Crippen LogP contribution in [-0.2, 0) is 0 Å². The molecular weight excluding hydrogens is 240 g/mol. The zero-order valence-corrected chi connectivity index (χ0v) is 12.0. The van der Waals surface area contributed by atoms with Crippen molar-refractivity contribution in [3.63, 3.8) is 0 Å². The fraction of sp³-hybridized carbons (Fsp3) is 0.600. The second kappa shape index (κ2) is 5.70. The molecule has 1 aromatic carbocycles. The minimum atomic E-state index is -0.245. The number of benzene rings is 1. The van der Waals surface area contributed by atoms with Crippen molar-refractivity contribution in [3.05, 3.63) is 18.2 Å². The molecule has 0 aromatic heterocycles. The lowest BCUT2D eigenvalue weighted by Crippen LogP contribution is -2.24. The number of aliphatic hydroxyl groups excluding tert-OH is 1. The predicted octanol–water partition coefficient (Wildman–Crippen LogP) is 2.26. The van der Waals surface area contributed by atoms with E-state index in [0.29, 0.717) is 11.6 Å². The Hall–Kier alpha value is -1.42.